The highest BCUT2D eigenvalue weighted by Gasteiger charge is 2.72. The third-order valence-electron chi connectivity index (χ3n) is 6.53. The predicted octanol–water partition coefficient (Wildman–Crippen LogP) is 0.514. The standard InChI is InChI=1S/C20H18N2O5/c1-20-7-10(27-8-9-5-3-2-4-6-9)11(12-14(20)18(25)21-16(12)23)13-15(20)19(26)22-17(13)24/h2-7,11-15H,8H2,1H3,(H,21,23,25)(H,22,24,26)/t11?,12-,13-,14+,15+,20?/m0/s1. The molecule has 0 unspecified atom stereocenters. The second-order valence-corrected chi connectivity index (χ2v) is 7.93. The average Bonchev–Trinajstić information content (AvgIpc) is 3.12. The van der Waals surface area contributed by atoms with E-state index in [9.17, 15) is 19.2 Å². The molecular weight excluding hydrogens is 348 g/mol. The predicted molar refractivity (Wildman–Crippen MR) is 91.2 cm³/mol. The Bertz CT molecular complexity index is 880. The molecular formula is C20H18N2O5. The number of hydrogen-bond donors (Lipinski definition) is 2. The van der Waals surface area contributed by atoms with Crippen LogP contribution in [0.2, 0.25) is 0 Å². The lowest BCUT2D eigenvalue weighted by Gasteiger charge is -2.53. The first-order chi connectivity index (χ1) is 12.9. The Morgan fingerprint density at radius 3 is 1.96 bits per heavy atom. The molecule has 0 aromatic heterocycles. The molecule has 138 valence electrons. The maximum atomic E-state index is 12.5. The minimum atomic E-state index is -0.942. The summed E-state index contributed by atoms with van der Waals surface area (Å²) < 4.78 is 6.03. The topological polar surface area (TPSA) is 102 Å². The van der Waals surface area contributed by atoms with Crippen molar-refractivity contribution in [3.63, 3.8) is 0 Å². The molecule has 2 aliphatic heterocycles. The van der Waals surface area contributed by atoms with E-state index in [1.54, 1.807) is 13.0 Å². The summed E-state index contributed by atoms with van der Waals surface area (Å²) in [6, 6.07) is 9.56. The zero-order valence-corrected chi connectivity index (χ0v) is 14.6. The van der Waals surface area contributed by atoms with Crippen molar-refractivity contribution in [1.29, 1.82) is 0 Å². The number of amides is 4. The van der Waals surface area contributed by atoms with E-state index in [0.717, 1.165) is 5.56 Å². The number of rotatable bonds is 3. The number of carbonyl (C=O) groups excluding carboxylic acids is 4. The SMILES string of the molecule is CC12C=C(OCc3ccccc3)C([C@@H]3C(=O)NC(=O)[C@@H]31)[C@@H]1C(=O)NC(=O)[C@@H]12. The summed E-state index contributed by atoms with van der Waals surface area (Å²) >= 11 is 0. The van der Waals surface area contributed by atoms with Gasteiger partial charge >= 0.3 is 0 Å². The van der Waals surface area contributed by atoms with Crippen LogP contribution in [0.4, 0.5) is 0 Å². The molecule has 4 amide bonds. The summed E-state index contributed by atoms with van der Waals surface area (Å²) in [4.78, 5) is 49.9. The van der Waals surface area contributed by atoms with E-state index in [-0.39, 0.29) is 23.6 Å². The molecule has 7 heteroatoms. The fraction of sp³-hybridized carbons (Fsp3) is 0.400. The van der Waals surface area contributed by atoms with Gasteiger partial charge < -0.3 is 4.74 Å². The molecule has 2 bridgehead atoms. The van der Waals surface area contributed by atoms with Gasteiger partial charge in [-0.25, -0.2) is 0 Å². The third-order valence-corrected chi connectivity index (χ3v) is 6.53. The number of imide groups is 2. The summed E-state index contributed by atoms with van der Waals surface area (Å²) in [5, 5.41) is 4.78. The van der Waals surface area contributed by atoms with Crippen molar-refractivity contribution >= 4 is 23.6 Å². The van der Waals surface area contributed by atoms with Gasteiger partial charge in [0, 0.05) is 11.3 Å². The lowest BCUT2D eigenvalue weighted by atomic mass is 9.47. The average molecular weight is 366 g/mol. The van der Waals surface area contributed by atoms with Crippen LogP contribution in [0.15, 0.2) is 42.2 Å². The normalized spacial score (nSPS) is 38.9. The molecule has 2 heterocycles. The number of benzene rings is 1. The van der Waals surface area contributed by atoms with Gasteiger partial charge in [-0.3, -0.25) is 29.8 Å². The fourth-order valence-corrected chi connectivity index (χ4v) is 5.51. The van der Waals surface area contributed by atoms with Crippen molar-refractivity contribution in [1.82, 2.24) is 10.6 Å². The number of hydrogen-bond acceptors (Lipinski definition) is 5. The first-order valence-corrected chi connectivity index (χ1v) is 9.00. The number of nitrogens with one attached hydrogen (secondary N) is 2. The lowest BCUT2D eigenvalue weighted by molar-refractivity contribution is -0.150. The van der Waals surface area contributed by atoms with E-state index < -0.39 is 35.0 Å². The monoisotopic (exact) mass is 366 g/mol. The Morgan fingerprint density at radius 2 is 1.41 bits per heavy atom. The second kappa shape index (κ2) is 5.28. The van der Waals surface area contributed by atoms with Gasteiger partial charge in [0.2, 0.25) is 23.6 Å². The molecule has 7 nitrogen and oxygen atoms in total. The molecule has 6 rings (SSSR count). The van der Waals surface area contributed by atoms with Crippen LogP contribution < -0.4 is 10.6 Å². The van der Waals surface area contributed by atoms with Crippen molar-refractivity contribution in [2.24, 2.45) is 35.0 Å². The largest absolute Gasteiger partial charge is 0.493 e. The Morgan fingerprint density at radius 1 is 0.852 bits per heavy atom. The van der Waals surface area contributed by atoms with Crippen molar-refractivity contribution in [3.05, 3.63) is 47.7 Å². The fourth-order valence-electron chi connectivity index (χ4n) is 5.51. The van der Waals surface area contributed by atoms with Gasteiger partial charge in [0.15, 0.2) is 0 Å². The minimum Gasteiger partial charge on any atom is -0.493 e. The molecule has 1 saturated carbocycles. The summed E-state index contributed by atoms with van der Waals surface area (Å²) in [5.41, 5.74) is 0.0137. The Labute approximate surface area is 155 Å². The highest BCUT2D eigenvalue weighted by Crippen LogP contribution is 2.63. The van der Waals surface area contributed by atoms with Crippen LogP contribution in [-0.2, 0) is 30.5 Å². The molecule has 3 fully saturated rings. The van der Waals surface area contributed by atoms with Gasteiger partial charge in [-0.1, -0.05) is 37.3 Å². The van der Waals surface area contributed by atoms with Crippen LogP contribution in [0.25, 0.3) is 0 Å². The van der Waals surface area contributed by atoms with E-state index in [0.29, 0.717) is 12.4 Å². The van der Waals surface area contributed by atoms with E-state index in [2.05, 4.69) is 10.6 Å². The van der Waals surface area contributed by atoms with Crippen molar-refractivity contribution < 1.29 is 23.9 Å². The molecule has 1 aromatic carbocycles. The number of allylic oxidation sites excluding steroid dienone is 2. The van der Waals surface area contributed by atoms with Crippen molar-refractivity contribution in [2.45, 2.75) is 13.5 Å². The zero-order chi connectivity index (χ0) is 18.9. The second-order valence-electron chi connectivity index (χ2n) is 7.93. The molecule has 4 atom stereocenters. The quantitative estimate of drug-likeness (QED) is 0.759. The zero-order valence-electron chi connectivity index (χ0n) is 14.6. The molecule has 0 radical (unpaired) electrons. The highest BCUT2D eigenvalue weighted by molar-refractivity contribution is 6.11. The van der Waals surface area contributed by atoms with Gasteiger partial charge in [-0.2, -0.15) is 0 Å². The molecule has 3 aliphatic carbocycles. The molecule has 2 N–H and O–H groups in total. The highest BCUT2D eigenvalue weighted by atomic mass is 16.5. The summed E-state index contributed by atoms with van der Waals surface area (Å²) in [5.74, 6) is -4.28. The minimum absolute atomic E-state index is 0.291. The Balaban J connectivity index is 1.58. The van der Waals surface area contributed by atoms with Crippen LogP contribution in [-0.4, -0.2) is 23.6 Å². The van der Waals surface area contributed by atoms with Gasteiger partial charge in [0.05, 0.1) is 29.4 Å². The maximum absolute atomic E-state index is 12.5. The third kappa shape index (κ3) is 2.02. The molecule has 27 heavy (non-hydrogen) atoms. The van der Waals surface area contributed by atoms with Gasteiger partial charge in [0.25, 0.3) is 0 Å². The van der Waals surface area contributed by atoms with Crippen molar-refractivity contribution in [3.8, 4) is 0 Å². The van der Waals surface area contributed by atoms with Crippen molar-refractivity contribution in [2.75, 3.05) is 0 Å². The van der Waals surface area contributed by atoms with E-state index in [4.69, 9.17) is 4.74 Å². The first-order valence-electron chi connectivity index (χ1n) is 9.00. The van der Waals surface area contributed by atoms with E-state index in [1.165, 1.54) is 0 Å². The number of carbonyl (C=O) groups is 4. The van der Waals surface area contributed by atoms with Crippen LogP contribution in [0.1, 0.15) is 12.5 Å². The lowest BCUT2D eigenvalue weighted by Crippen LogP contribution is -2.58. The van der Waals surface area contributed by atoms with Crippen LogP contribution in [0.3, 0.4) is 0 Å². The van der Waals surface area contributed by atoms with Crippen LogP contribution in [0, 0.1) is 35.0 Å². The maximum Gasteiger partial charge on any atom is 0.231 e. The van der Waals surface area contributed by atoms with E-state index >= 15 is 0 Å². The Hall–Kier alpha value is -2.96. The first kappa shape index (κ1) is 16.2. The summed E-state index contributed by atoms with van der Waals surface area (Å²) in [7, 11) is 0. The van der Waals surface area contributed by atoms with Gasteiger partial charge in [-0.15, -0.1) is 0 Å². The Kier molecular flexibility index (Phi) is 3.17. The summed E-state index contributed by atoms with van der Waals surface area (Å²) in [6.07, 6.45) is 1.80. The summed E-state index contributed by atoms with van der Waals surface area (Å²) in [6.45, 7) is 2.07. The molecule has 2 saturated heterocycles. The van der Waals surface area contributed by atoms with E-state index in [1.807, 2.05) is 30.3 Å². The van der Waals surface area contributed by atoms with Crippen LogP contribution >= 0.6 is 0 Å². The smallest absolute Gasteiger partial charge is 0.231 e. The molecule has 1 aromatic rings. The number of ether oxygens (including phenoxy) is 1. The van der Waals surface area contributed by atoms with Gasteiger partial charge in [-0.05, 0) is 11.6 Å². The molecule has 0 spiro atoms. The van der Waals surface area contributed by atoms with Crippen LogP contribution in [0.5, 0.6) is 0 Å². The molecule has 5 aliphatic rings. The van der Waals surface area contributed by atoms with Gasteiger partial charge in [0.1, 0.15) is 6.61 Å².